The van der Waals surface area contributed by atoms with Crippen molar-refractivity contribution in [2.45, 2.75) is 6.92 Å². The number of benzene rings is 2. The number of rotatable bonds is 7. The molecule has 0 unspecified atom stereocenters. The summed E-state index contributed by atoms with van der Waals surface area (Å²) in [5, 5.41) is 6.66. The normalized spacial score (nSPS) is 10.4. The van der Waals surface area contributed by atoms with Gasteiger partial charge in [-0.15, -0.1) is 0 Å². The summed E-state index contributed by atoms with van der Waals surface area (Å²) in [7, 11) is 0. The van der Waals surface area contributed by atoms with Crippen LogP contribution >= 0.6 is 11.6 Å². The van der Waals surface area contributed by atoms with Gasteiger partial charge in [-0.1, -0.05) is 17.7 Å². The van der Waals surface area contributed by atoms with Crippen molar-refractivity contribution in [1.29, 1.82) is 0 Å². The lowest BCUT2D eigenvalue weighted by Crippen LogP contribution is -2.20. The van der Waals surface area contributed by atoms with Gasteiger partial charge in [-0.25, -0.2) is 9.97 Å². The highest BCUT2D eigenvalue weighted by Gasteiger charge is 2.08. The molecule has 0 aliphatic heterocycles. The number of aromatic nitrogens is 3. The Morgan fingerprint density at radius 1 is 1.06 bits per heavy atom. The van der Waals surface area contributed by atoms with Crippen molar-refractivity contribution in [3.05, 3.63) is 89.8 Å². The van der Waals surface area contributed by atoms with E-state index in [-0.39, 0.29) is 12.5 Å². The van der Waals surface area contributed by atoms with Crippen molar-refractivity contribution >= 4 is 34.8 Å². The first kappa shape index (κ1) is 21.3. The third-order valence-corrected chi connectivity index (χ3v) is 4.82. The van der Waals surface area contributed by atoms with Gasteiger partial charge in [-0.05, 0) is 67.1 Å². The predicted octanol–water partition coefficient (Wildman–Crippen LogP) is 5.26. The quantitative estimate of drug-likeness (QED) is 0.403. The van der Waals surface area contributed by atoms with Crippen LogP contribution in [0.5, 0.6) is 5.75 Å². The third kappa shape index (κ3) is 5.59. The zero-order valence-electron chi connectivity index (χ0n) is 17.2. The number of anilines is 3. The van der Waals surface area contributed by atoms with Crippen LogP contribution in [0.2, 0.25) is 5.02 Å². The molecule has 0 radical (unpaired) electrons. The number of aryl methyl sites for hydroxylation is 1. The summed E-state index contributed by atoms with van der Waals surface area (Å²) in [6.45, 7) is 1.84. The van der Waals surface area contributed by atoms with E-state index in [1.165, 1.54) is 0 Å². The molecule has 4 rings (SSSR count). The van der Waals surface area contributed by atoms with E-state index < -0.39 is 0 Å². The van der Waals surface area contributed by atoms with Gasteiger partial charge < -0.3 is 15.4 Å². The molecule has 8 heteroatoms. The Bertz CT molecular complexity index is 1220. The summed E-state index contributed by atoms with van der Waals surface area (Å²) in [6, 6.07) is 18.0. The Balaban J connectivity index is 1.42. The molecular weight excluding hydrogens is 426 g/mol. The van der Waals surface area contributed by atoms with Crippen LogP contribution in [0.4, 0.5) is 17.3 Å². The van der Waals surface area contributed by atoms with E-state index in [1.807, 2.05) is 43.3 Å². The van der Waals surface area contributed by atoms with Crippen LogP contribution in [-0.2, 0) is 4.79 Å². The van der Waals surface area contributed by atoms with Crippen molar-refractivity contribution in [3.63, 3.8) is 0 Å². The van der Waals surface area contributed by atoms with Crippen LogP contribution in [-0.4, -0.2) is 27.5 Å². The highest BCUT2D eigenvalue weighted by atomic mass is 35.5. The number of pyridine rings is 1. The van der Waals surface area contributed by atoms with Crippen molar-refractivity contribution in [1.82, 2.24) is 15.0 Å². The van der Waals surface area contributed by atoms with E-state index >= 15 is 0 Å². The second-order valence-corrected chi connectivity index (χ2v) is 7.39. The van der Waals surface area contributed by atoms with Gasteiger partial charge in [0.15, 0.2) is 6.61 Å². The Morgan fingerprint density at radius 3 is 2.69 bits per heavy atom. The first-order chi connectivity index (χ1) is 15.6. The minimum Gasteiger partial charge on any atom is -0.484 e. The first-order valence-electron chi connectivity index (χ1n) is 9.86. The summed E-state index contributed by atoms with van der Waals surface area (Å²) in [5.74, 6) is 0.745. The van der Waals surface area contributed by atoms with Gasteiger partial charge in [0.1, 0.15) is 5.75 Å². The molecule has 0 fully saturated rings. The average Bonchev–Trinajstić information content (AvgIpc) is 2.82. The molecule has 2 heterocycles. The number of amides is 1. The maximum atomic E-state index is 12.3. The SMILES string of the molecule is Cc1ccc(NC(=O)COc2ccc(Cl)cc2)cc1Nc1nccc(-c2cccnc2)n1. The van der Waals surface area contributed by atoms with Crippen molar-refractivity contribution in [2.24, 2.45) is 0 Å². The highest BCUT2D eigenvalue weighted by Crippen LogP contribution is 2.24. The molecule has 160 valence electrons. The number of hydrogen-bond acceptors (Lipinski definition) is 6. The summed E-state index contributed by atoms with van der Waals surface area (Å²) in [6.07, 6.45) is 5.15. The number of ether oxygens (including phenoxy) is 1. The third-order valence-electron chi connectivity index (χ3n) is 4.56. The minimum absolute atomic E-state index is 0.117. The molecule has 0 atom stereocenters. The van der Waals surface area contributed by atoms with E-state index in [2.05, 4.69) is 25.6 Å². The Morgan fingerprint density at radius 2 is 1.91 bits per heavy atom. The minimum atomic E-state index is -0.274. The van der Waals surface area contributed by atoms with Crippen molar-refractivity contribution in [2.75, 3.05) is 17.2 Å². The average molecular weight is 446 g/mol. The number of hydrogen-bond donors (Lipinski definition) is 2. The van der Waals surface area contributed by atoms with Crippen LogP contribution in [0.25, 0.3) is 11.3 Å². The second-order valence-electron chi connectivity index (χ2n) is 6.95. The van der Waals surface area contributed by atoms with Gasteiger partial charge >= 0.3 is 0 Å². The fraction of sp³-hybridized carbons (Fsp3) is 0.0833. The molecule has 2 N–H and O–H groups in total. The molecule has 32 heavy (non-hydrogen) atoms. The zero-order valence-corrected chi connectivity index (χ0v) is 18.0. The van der Waals surface area contributed by atoms with E-state index in [9.17, 15) is 4.79 Å². The van der Waals surface area contributed by atoms with Crippen LogP contribution in [0.15, 0.2) is 79.3 Å². The van der Waals surface area contributed by atoms with Gasteiger partial charge in [0.25, 0.3) is 5.91 Å². The summed E-state index contributed by atoms with van der Waals surface area (Å²) < 4.78 is 5.49. The molecular formula is C24H20ClN5O2. The first-order valence-corrected chi connectivity index (χ1v) is 10.2. The van der Waals surface area contributed by atoms with Crippen molar-refractivity contribution in [3.8, 4) is 17.0 Å². The summed E-state index contributed by atoms with van der Waals surface area (Å²) in [4.78, 5) is 25.3. The van der Waals surface area contributed by atoms with Gasteiger partial charge in [0.2, 0.25) is 5.95 Å². The number of halogens is 1. The lowest BCUT2D eigenvalue weighted by atomic mass is 10.1. The Hall–Kier alpha value is -3.97. The van der Waals surface area contributed by atoms with Gasteiger partial charge in [-0.3, -0.25) is 9.78 Å². The molecule has 2 aromatic carbocycles. The standard InChI is InChI=1S/C24H20ClN5O2/c1-16-4-7-19(28-23(31)15-32-20-8-5-18(25)6-9-20)13-22(16)30-24-27-12-10-21(29-24)17-3-2-11-26-14-17/h2-14H,15H2,1H3,(H,28,31)(H,27,29,30). The number of carbonyl (C=O) groups is 1. The molecule has 2 aromatic heterocycles. The summed E-state index contributed by atoms with van der Waals surface area (Å²) >= 11 is 5.85. The number of nitrogens with zero attached hydrogens (tertiary/aromatic N) is 3. The maximum Gasteiger partial charge on any atom is 0.262 e. The highest BCUT2D eigenvalue weighted by molar-refractivity contribution is 6.30. The fourth-order valence-electron chi connectivity index (χ4n) is 2.93. The lowest BCUT2D eigenvalue weighted by Gasteiger charge is -2.12. The largest absolute Gasteiger partial charge is 0.484 e. The van der Waals surface area contributed by atoms with E-state index in [1.54, 1.807) is 42.9 Å². The lowest BCUT2D eigenvalue weighted by molar-refractivity contribution is -0.118. The molecule has 0 bridgehead atoms. The Kier molecular flexibility index (Phi) is 6.57. The fourth-order valence-corrected chi connectivity index (χ4v) is 3.05. The van der Waals surface area contributed by atoms with Crippen LogP contribution in [0.3, 0.4) is 0 Å². The van der Waals surface area contributed by atoms with Crippen LogP contribution < -0.4 is 15.4 Å². The topological polar surface area (TPSA) is 89.0 Å². The van der Waals surface area contributed by atoms with Crippen molar-refractivity contribution < 1.29 is 9.53 Å². The van der Waals surface area contributed by atoms with E-state index in [4.69, 9.17) is 16.3 Å². The maximum absolute atomic E-state index is 12.3. The van der Waals surface area contributed by atoms with Gasteiger partial charge in [0.05, 0.1) is 5.69 Å². The van der Waals surface area contributed by atoms with Gasteiger partial charge in [-0.2, -0.15) is 0 Å². The zero-order chi connectivity index (χ0) is 22.3. The molecule has 0 saturated carbocycles. The molecule has 7 nitrogen and oxygen atoms in total. The Labute approximate surface area is 190 Å². The molecule has 1 amide bonds. The van der Waals surface area contributed by atoms with E-state index in [0.717, 1.165) is 22.5 Å². The second kappa shape index (κ2) is 9.89. The van der Waals surface area contributed by atoms with Crippen LogP contribution in [0, 0.1) is 6.92 Å². The molecule has 4 aromatic rings. The number of nitrogens with one attached hydrogen (secondary N) is 2. The monoisotopic (exact) mass is 445 g/mol. The summed E-state index contributed by atoms with van der Waals surface area (Å²) in [5.41, 5.74) is 4.06. The molecule has 0 saturated heterocycles. The smallest absolute Gasteiger partial charge is 0.262 e. The molecule has 0 aliphatic rings. The molecule has 0 aliphatic carbocycles. The van der Waals surface area contributed by atoms with Gasteiger partial charge in [0, 0.05) is 40.6 Å². The van der Waals surface area contributed by atoms with E-state index in [0.29, 0.717) is 22.4 Å². The van der Waals surface area contributed by atoms with Crippen LogP contribution in [0.1, 0.15) is 5.56 Å². The number of carbonyl (C=O) groups excluding carboxylic acids is 1. The molecule has 0 spiro atoms. The predicted molar refractivity (Wildman–Crippen MR) is 125 cm³/mol.